The molecule has 3 aromatic heterocycles. The van der Waals surface area contributed by atoms with Crippen LogP contribution in [0.5, 0.6) is 0 Å². The van der Waals surface area contributed by atoms with Crippen LogP contribution in [0.3, 0.4) is 0 Å². The molecule has 26 heavy (non-hydrogen) atoms. The van der Waals surface area contributed by atoms with Crippen molar-refractivity contribution < 1.29 is 4.79 Å². The molecule has 8 heteroatoms. The Bertz CT molecular complexity index is 955. The van der Waals surface area contributed by atoms with Crippen LogP contribution in [0.25, 0.3) is 11.3 Å². The predicted molar refractivity (Wildman–Crippen MR) is 98.1 cm³/mol. The van der Waals surface area contributed by atoms with E-state index in [-0.39, 0.29) is 17.4 Å². The van der Waals surface area contributed by atoms with E-state index >= 15 is 0 Å². The zero-order chi connectivity index (χ0) is 17.9. The molecule has 0 radical (unpaired) electrons. The first-order chi connectivity index (χ1) is 12.7. The van der Waals surface area contributed by atoms with Gasteiger partial charge in [0.1, 0.15) is 11.5 Å². The van der Waals surface area contributed by atoms with Crippen molar-refractivity contribution in [2.45, 2.75) is 18.8 Å². The Hall–Kier alpha value is -2.87. The summed E-state index contributed by atoms with van der Waals surface area (Å²) < 4.78 is 0. The fourth-order valence-corrected chi connectivity index (χ4v) is 3.83. The smallest absolute Gasteiger partial charge is 0.274 e. The van der Waals surface area contributed by atoms with Crippen LogP contribution in [-0.2, 0) is 0 Å². The quantitative estimate of drug-likeness (QED) is 0.767. The third kappa shape index (κ3) is 3.41. The van der Waals surface area contributed by atoms with E-state index in [9.17, 15) is 9.59 Å². The molecular weight excluding hydrogens is 350 g/mol. The molecule has 0 unspecified atom stereocenters. The first kappa shape index (κ1) is 16.6. The lowest BCUT2D eigenvalue weighted by Gasteiger charge is -2.32. The highest BCUT2D eigenvalue weighted by Gasteiger charge is 2.28. The maximum absolute atomic E-state index is 12.6. The van der Waals surface area contributed by atoms with Crippen molar-refractivity contribution in [3.8, 4) is 11.3 Å². The van der Waals surface area contributed by atoms with Crippen LogP contribution in [0, 0.1) is 0 Å². The molecule has 0 spiro atoms. The van der Waals surface area contributed by atoms with Gasteiger partial charge in [-0.1, -0.05) is 0 Å². The second kappa shape index (κ2) is 7.17. The molecule has 7 nitrogen and oxygen atoms in total. The maximum Gasteiger partial charge on any atom is 0.274 e. The highest BCUT2D eigenvalue weighted by Crippen LogP contribution is 2.26. The zero-order valence-corrected chi connectivity index (χ0v) is 14.8. The first-order valence-electron chi connectivity index (χ1n) is 8.40. The number of piperidine rings is 1. The van der Waals surface area contributed by atoms with Gasteiger partial charge in [0.25, 0.3) is 11.5 Å². The molecule has 1 aliphatic rings. The van der Waals surface area contributed by atoms with Gasteiger partial charge >= 0.3 is 0 Å². The number of rotatable bonds is 3. The first-order valence-corrected chi connectivity index (χ1v) is 9.34. The van der Waals surface area contributed by atoms with Gasteiger partial charge in [-0.2, -0.15) is 11.3 Å². The lowest BCUT2D eigenvalue weighted by atomic mass is 9.96. The Balaban J connectivity index is 1.58. The van der Waals surface area contributed by atoms with E-state index in [0.717, 1.165) is 18.4 Å². The molecule has 0 bridgehead atoms. The lowest BCUT2D eigenvalue weighted by Crippen LogP contribution is -2.40. The Morgan fingerprint density at radius 1 is 1.35 bits per heavy atom. The van der Waals surface area contributed by atoms with Crippen molar-refractivity contribution in [3.63, 3.8) is 0 Å². The van der Waals surface area contributed by atoms with E-state index in [1.54, 1.807) is 22.4 Å². The minimum atomic E-state index is -0.173. The number of nitrogens with one attached hydrogen (secondary N) is 1. The molecule has 0 saturated carbocycles. The van der Waals surface area contributed by atoms with Crippen LogP contribution in [0.15, 0.2) is 46.3 Å². The fourth-order valence-electron chi connectivity index (χ4n) is 3.18. The molecule has 0 aliphatic carbocycles. The van der Waals surface area contributed by atoms with Gasteiger partial charge in [-0.25, -0.2) is 9.97 Å². The molecule has 1 fully saturated rings. The van der Waals surface area contributed by atoms with Crippen LogP contribution in [0.4, 0.5) is 0 Å². The summed E-state index contributed by atoms with van der Waals surface area (Å²) in [7, 11) is 0. The summed E-state index contributed by atoms with van der Waals surface area (Å²) in [5.74, 6) is 0.491. The van der Waals surface area contributed by atoms with Gasteiger partial charge in [-0.3, -0.25) is 14.6 Å². The van der Waals surface area contributed by atoms with Crippen LogP contribution in [0.1, 0.15) is 35.1 Å². The predicted octanol–water partition coefficient (Wildman–Crippen LogP) is 2.31. The van der Waals surface area contributed by atoms with Crippen molar-refractivity contribution in [1.29, 1.82) is 0 Å². The monoisotopic (exact) mass is 367 g/mol. The van der Waals surface area contributed by atoms with Gasteiger partial charge < -0.3 is 9.88 Å². The van der Waals surface area contributed by atoms with E-state index in [1.807, 2.05) is 16.8 Å². The maximum atomic E-state index is 12.6. The highest BCUT2D eigenvalue weighted by molar-refractivity contribution is 7.08. The van der Waals surface area contributed by atoms with Crippen molar-refractivity contribution >= 4 is 17.2 Å². The number of H-pyrrole nitrogens is 1. The van der Waals surface area contributed by atoms with E-state index in [1.165, 1.54) is 18.5 Å². The molecule has 4 rings (SSSR count). The minimum absolute atomic E-state index is 0.00402. The van der Waals surface area contributed by atoms with Crippen molar-refractivity contribution in [1.82, 2.24) is 24.8 Å². The third-order valence-corrected chi connectivity index (χ3v) is 5.14. The number of hydrogen-bond acceptors (Lipinski definition) is 6. The largest absolute Gasteiger partial charge is 0.337 e. The SMILES string of the molecule is O=C(c1cnccn1)N1CCC[C@H](c2nc(-c3ccsc3)cc(=O)[nH]2)C1. The summed E-state index contributed by atoms with van der Waals surface area (Å²) in [6, 6.07) is 3.46. The summed E-state index contributed by atoms with van der Waals surface area (Å²) in [6.07, 6.45) is 6.25. The van der Waals surface area contributed by atoms with Crippen LogP contribution in [-0.4, -0.2) is 43.8 Å². The highest BCUT2D eigenvalue weighted by atomic mass is 32.1. The second-order valence-corrected chi connectivity index (χ2v) is 6.99. The zero-order valence-electron chi connectivity index (χ0n) is 14.0. The Labute approximate surface area is 153 Å². The molecule has 1 atom stereocenters. The van der Waals surface area contributed by atoms with Crippen LogP contribution < -0.4 is 5.56 Å². The lowest BCUT2D eigenvalue weighted by molar-refractivity contribution is 0.0698. The van der Waals surface area contributed by atoms with Gasteiger partial charge in [0.2, 0.25) is 0 Å². The third-order valence-electron chi connectivity index (χ3n) is 4.45. The Morgan fingerprint density at radius 2 is 2.27 bits per heavy atom. The number of carbonyl (C=O) groups excluding carboxylic acids is 1. The summed E-state index contributed by atoms with van der Waals surface area (Å²) in [4.78, 5) is 42.0. The molecule has 132 valence electrons. The van der Waals surface area contributed by atoms with E-state index < -0.39 is 0 Å². The number of thiophene rings is 1. The number of hydrogen-bond donors (Lipinski definition) is 1. The number of aromatic amines is 1. The average Bonchev–Trinajstić information content (AvgIpc) is 3.23. The van der Waals surface area contributed by atoms with Crippen molar-refractivity contribution in [2.75, 3.05) is 13.1 Å². The number of aromatic nitrogens is 4. The standard InChI is InChI=1S/C18H17N5O2S/c24-16-8-14(13-3-7-26-11-13)21-17(22-16)12-2-1-6-23(10-12)18(25)15-9-19-4-5-20-15/h3-5,7-9,11-12H,1-2,6,10H2,(H,21,22,24)/t12-/m0/s1. The number of amides is 1. The summed E-state index contributed by atoms with van der Waals surface area (Å²) in [5, 5.41) is 3.93. The topological polar surface area (TPSA) is 91.8 Å². The van der Waals surface area contributed by atoms with Crippen molar-refractivity contribution in [2.24, 2.45) is 0 Å². The van der Waals surface area contributed by atoms with Crippen molar-refractivity contribution in [3.05, 3.63) is 63.4 Å². The van der Waals surface area contributed by atoms with Gasteiger partial charge in [0.15, 0.2) is 0 Å². The summed E-state index contributed by atoms with van der Waals surface area (Å²) in [5.41, 5.74) is 1.77. The summed E-state index contributed by atoms with van der Waals surface area (Å²) >= 11 is 1.57. The Kier molecular flexibility index (Phi) is 4.57. The molecule has 0 aromatic carbocycles. The normalized spacial score (nSPS) is 17.2. The average molecular weight is 367 g/mol. The van der Waals surface area contributed by atoms with Crippen LogP contribution in [0.2, 0.25) is 0 Å². The van der Waals surface area contributed by atoms with Gasteiger partial charge in [0.05, 0.1) is 11.9 Å². The van der Waals surface area contributed by atoms with Crippen LogP contribution >= 0.6 is 11.3 Å². The molecule has 4 heterocycles. The van der Waals surface area contributed by atoms with Gasteiger partial charge in [-0.15, -0.1) is 0 Å². The number of likely N-dealkylation sites (tertiary alicyclic amines) is 1. The van der Waals surface area contributed by atoms with E-state index in [4.69, 9.17) is 0 Å². The fraction of sp³-hybridized carbons (Fsp3) is 0.278. The number of nitrogens with zero attached hydrogens (tertiary/aromatic N) is 4. The van der Waals surface area contributed by atoms with E-state index in [2.05, 4.69) is 19.9 Å². The van der Waals surface area contributed by atoms with Gasteiger partial charge in [-0.05, 0) is 24.3 Å². The second-order valence-electron chi connectivity index (χ2n) is 6.21. The Morgan fingerprint density at radius 3 is 3.04 bits per heavy atom. The molecule has 3 aromatic rings. The molecule has 1 saturated heterocycles. The number of carbonyl (C=O) groups is 1. The molecule has 1 amide bonds. The molecular formula is C18H17N5O2S. The molecule has 1 aliphatic heterocycles. The van der Waals surface area contributed by atoms with E-state index in [0.29, 0.717) is 30.3 Å². The molecule has 1 N–H and O–H groups in total. The summed E-state index contributed by atoms with van der Waals surface area (Å²) in [6.45, 7) is 1.17. The van der Waals surface area contributed by atoms with Gasteiger partial charge in [0, 0.05) is 48.4 Å². The minimum Gasteiger partial charge on any atom is -0.337 e.